The lowest BCUT2D eigenvalue weighted by Gasteiger charge is -2.32. The summed E-state index contributed by atoms with van der Waals surface area (Å²) in [6, 6.07) is 5.56. The van der Waals surface area contributed by atoms with Gasteiger partial charge in [0.05, 0.1) is 16.4 Å². The molecule has 7 nitrogen and oxygen atoms in total. The van der Waals surface area contributed by atoms with Gasteiger partial charge in [-0.25, -0.2) is 9.97 Å². The zero-order chi connectivity index (χ0) is 19.0. The van der Waals surface area contributed by atoms with Gasteiger partial charge in [-0.05, 0) is 32.0 Å². The summed E-state index contributed by atoms with van der Waals surface area (Å²) in [4.78, 5) is 35.1. The number of hydrogen-bond acceptors (Lipinski definition) is 7. The van der Waals surface area contributed by atoms with Crippen molar-refractivity contribution < 1.29 is 14.3 Å². The molecule has 1 N–H and O–H groups in total. The fourth-order valence-corrected chi connectivity index (χ4v) is 3.98. The van der Waals surface area contributed by atoms with Crippen LogP contribution in [0.5, 0.6) is 5.75 Å². The van der Waals surface area contributed by atoms with Crippen molar-refractivity contribution in [1.29, 1.82) is 0 Å². The van der Waals surface area contributed by atoms with Gasteiger partial charge in [-0.1, -0.05) is 0 Å². The molecule has 2 amide bonds. The monoisotopic (exact) mass is 400 g/mol. The van der Waals surface area contributed by atoms with E-state index in [1.165, 1.54) is 16.2 Å². The first kappa shape index (κ1) is 17.6. The number of nitrogens with zero attached hydrogens (tertiary/aromatic N) is 3. The van der Waals surface area contributed by atoms with Crippen LogP contribution in [0.25, 0.3) is 11.3 Å². The molecule has 0 saturated heterocycles. The number of anilines is 2. The summed E-state index contributed by atoms with van der Waals surface area (Å²) >= 11 is 2.88. The van der Waals surface area contributed by atoms with Crippen LogP contribution in [0.3, 0.4) is 0 Å². The van der Waals surface area contributed by atoms with Crippen LogP contribution in [-0.2, 0) is 9.59 Å². The highest BCUT2D eigenvalue weighted by molar-refractivity contribution is 7.13. The fraction of sp³-hybridized carbons (Fsp3) is 0.222. The summed E-state index contributed by atoms with van der Waals surface area (Å²) in [5, 5.41) is 7.91. The van der Waals surface area contributed by atoms with Gasteiger partial charge in [0.25, 0.3) is 5.91 Å². The molecule has 2 aromatic heterocycles. The molecule has 138 valence electrons. The minimum absolute atomic E-state index is 0.112. The summed E-state index contributed by atoms with van der Waals surface area (Å²) in [5.74, 6) is -0.00324. The van der Waals surface area contributed by atoms with E-state index in [0.717, 1.165) is 16.3 Å². The highest BCUT2D eigenvalue weighted by Crippen LogP contribution is 2.37. The number of benzene rings is 1. The third kappa shape index (κ3) is 3.56. The van der Waals surface area contributed by atoms with Crippen LogP contribution in [0.1, 0.15) is 11.9 Å². The predicted molar refractivity (Wildman–Crippen MR) is 105 cm³/mol. The third-order valence-electron chi connectivity index (χ3n) is 4.06. The third-order valence-corrected chi connectivity index (χ3v) is 5.52. The van der Waals surface area contributed by atoms with Crippen molar-refractivity contribution in [2.45, 2.75) is 20.0 Å². The second-order valence-corrected chi connectivity index (χ2v) is 7.96. The van der Waals surface area contributed by atoms with Crippen LogP contribution in [0, 0.1) is 6.92 Å². The first-order valence-corrected chi connectivity index (χ1v) is 10.0. The van der Waals surface area contributed by atoms with Crippen molar-refractivity contribution >= 4 is 45.3 Å². The van der Waals surface area contributed by atoms with Gasteiger partial charge in [-0.2, -0.15) is 0 Å². The molecule has 0 saturated carbocycles. The number of amides is 2. The Kier molecular flexibility index (Phi) is 4.63. The van der Waals surface area contributed by atoms with Crippen LogP contribution < -0.4 is 15.0 Å². The fourth-order valence-electron chi connectivity index (χ4n) is 2.81. The molecule has 0 spiro atoms. The van der Waals surface area contributed by atoms with E-state index in [4.69, 9.17) is 4.74 Å². The van der Waals surface area contributed by atoms with Crippen LogP contribution in [0.2, 0.25) is 0 Å². The number of carbonyl (C=O) groups excluding carboxylic acids is 2. The molecule has 9 heteroatoms. The normalized spacial score (nSPS) is 16.0. The summed E-state index contributed by atoms with van der Waals surface area (Å²) in [5.41, 5.74) is 2.27. The van der Waals surface area contributed by atoms with Crippen LogP contribution in [0.4, 0.5) is 10.8 Å². The van der Waals surface area contributed by atoms with Gasteiger partial charge in [-0.3, -0.25) is 14.5 Å². The first-order valence-electron chi connectivity index (χ1n) is 8.25. The minimum Gasteiger partial charge on any atom is -0.479 e. The predicted octanol–water partition coefficient (Wildman–Crippen LogP) is 3.33. The number of fused-ring (bicyclic) bond motifs is 1. The Labute approximate surface area is 163 Å². The molecule has 4 rings (SSSR count). The standard InChI is InChI=1S/C18H16N4O3S2/c1-10-17(24)22(8-16(23)21-18-19-5-6-26-18)14-7-12(3-4-15(14)25-10)13-9-27-11(2)20-13/h3-7,9-10H,8H2,1-2H3,(H,19,21,23). The number of aryl methyl sites for hydroxylation is 1. The van der Waals surface area contributed by atoms with Crippen molar-refractivity contribution in [3.8, 4) is 17.0 Å². The molecule has 1 aliphatic heterocycles. The Morgan fingerprint density at radius 1 is 1.37 bits per heavy atom. The topological polar surface area (TPSA) is 84.4 Å². The van der Waals surface area contributed by atoms with Gasteiger partial charge >= 0.3 is 0 Å². The van der Waals surface area contributed by atoms with Gasteiger partial charge < -0.3 is 10.1 Å². The molecule has 0 fully saturated rings. The maximum atomic E-state index is 12.7. The second-order valence-electron chi connectivity index (χ2n) is 6.00. The molecule has 0 bridgehead atoms. The van der Waals surface area contributed by atoms with E-state index in [1.807, 2.05) is 30.5 Å². The number of thiazole rings is 2. The summed E-state index contributed by atoms with van der Waals surface area (Å²) < 4.78 is 5.71. The molecule has 3 aromatic rings. The van der Waals surface area contributed by atoms with E-state index in [-0.39, 0.29) is 18.4 Å². The smallest absolute Gasteiger partial charge is 0.268 e. The Hall–Kier alpha value is -2.78. The SMILES string of the molecule is Cc1nc(-c2ccc3c(c2)N(CC(=O)Nc2nccs2)C(=O)C(C)O3)cs1. The van der Waals surface area contributed by atoms with Crippen LogP contribution in [-0.4, -0.2) is 34.4 Å². The molecule has 3 heterocycles. The summed E-state index contributed by atoms with van der Waals surface area (Å²) in [7, 11) is 0. The lowest BCUT2D eigenvalue weighted by molar-refractivity contribution is -0.127. The maximum absolute atomic E-state index is 12.7. The van der Waals surface area contributed by atoms with Crippen molar-refractivity contribution in [3.05, 3.63) is 40.2 Å². The van der Waals surface area contributed by atoms with Crippen molar-refractivity contribution in [1.82, 2.24) is 9.97 Å². The molecule has 1 unspecified atom stereocenters. The van der Waals surface area contributed by atoms with E-state index in [1.54, 1.807) is 29.8 Å². The summed E-state index contributed by atoms with van der Waals surface area (Å²) in [6.07, 6.45) is 0.956. The molecule has 1 aromatic carbocycles. The van der Waals surface area contributed by atoms with Crippen LogP contribution >= 0.6 is 22.7 Å². The van der Waals surface area contributed by atoms with Gasteiger partial charge in [0.15, 0.2) is 11.2 Å². The number of ether oxygens (including phenoxy) is 1. The Balaban J connectivity index is 1.65. The average Bonchev–Trinajstić information content (AvgIpc) is 3.30. The molecule has 1 aliphatic rings. The minimum atomic E-state index is -0.655. The molecule has 0 aliphatic carbocycles. The molecule has 1 atom stereocenters. The number of aromatic nitrogens is 2. The van der Waals surface area contributed by atoms with E-state index in [2.05, 4.69) is 15.3 Å². The van der Waals surface area contributed by atoms with Gasteiger partial charge in [0.1, 0.15) is 12.3 Å². The van der Waals surface area contributed by atoms with Crippen molar-refractivity contribution in [2.75, 3.05) is 16.8 Å². The Bertz CT molecular complexity index is 1000. The summed E-state index contributed by atoms with van der Waals surface area (Å²) in [6.45, 7) is 3.50. The number of rotatable bonds is 4. The largest absolute Gasteiger partial charge is 0.479 e. The van der Waals surface area contributed by atoms with Crippen molar-refractivity contribution in [2.24, 2.45) is 0 Å². The zero-order valence-electron chi connectivity index (χ0n) is 14.6. The number of nitrogens with one attached hydrogen (secondary N) is 1. The number of hydrogen-bond donors (Lipinski definition) is 1. The molecular weight excluding hydrogens is 384 g/mol. The zero-order valence-corrected chi connectivity index (χ0v) is 16.3. The lowest BCUT2D eigenvalue weighted by Crippen LogP contribution is -2.47. The van der Waals surface area contributed by atoms with Crippen molar-refractivity contribution in [3.63, 3.8) is 0 Å². The van der Waals surface area contributed by atoms with Gasteiger partial charge in [-0.15, -0.1) is 22.7 Å². The number of carbonyl (C=O) groups is 2. The second kappa shape index (κ2) is 7.09. The van der Waals surface area contributed by atoms with E-state index < -0.39 is 6.10 Å². The molecule has 27 heavy (non-hydrogen) atoms. The average molecular weight is 400 g/mol. The lowest BCUT2D eigenvalue weighted by atomic mass is 10.1. The first-order chi connectivity index (χ1) is 13.0. The van der Waals surface area contributed by atoms with Gasteiger partial charge in [0.2, 0.25) is 5.91 Å². The van der Waals surface area contributed by atoms with E-state index in [0.29, 0.717) is 16.6 Å². The van der Waals surface area contributed by atoms with E-state index >= 15 is 0 Å². The van der Waals surface area contributed by atoms with E-state index in [9.17, 15) is 9.59 Å². The Morgan fingerprint density at radius 2 is 2.22 bits per heavy atom. The quantitative estimate of drug-likeness (QED) is 0.726. The molecular formula is C18H16N4O3S2. The maximum Gasteiger partial charge on any atom is 0.268 e. The van der Waals surface area contributed by atoms with Crippen LogP contribution in [0.15, 0.2) is 35.2 Å². The highest BCUT2D eigenvalue weighted by atomic mass is 32.1. The highest BCUT2D eigenvalue weighted by Gasteiger charge is 2.33. The van der Waals surface area contributed by atoms with Gasteiger partial charge in [0, 0.05) is 22.5 Å². The Morgan fingerprint density at radius 3 is 2.93 bits per heavy atom. The molecule has 0 radical (unpaired) electrons.